The summed E-state index contributed by atoms with van der Waals surface area (Å²) in [6.07, 6.45) is 1.87. The highest BCUT2D eigenvalue weighted by Crippen LogP contribution is 2.42. The van der Waals surface area contributed by atoms with Crippen molar-refractivity contribution >= 4 is 32.9 Å². The minimum absolute atomic E-state index is 0.0212. The summed E-state index contributed by atoms with van der Waals surface area (Å²) in [5, 5.41) is 21.5. The van der Waals surface area contributed by atoms with Gasteiger partial charge in [-0.1, -0.05) is 12.1 Å². The molecule has 1 atom stereocenters. The Morgan fingerprint density at radius 3 is 2.92 bits per heavy atom. The van der Waals surface area contributed by atoms with Gasteiger partial charge >= 0.3 is 0 Å². The molecule has 1 aliphatic rings. The van der Waals surface area contributed by atoms with Gasteiger partial charge in [0, 0.05) is 12.6 Å². The third kappa shape index (κ3) is 2.71. The second-order valence-corrected chi connectivity index (χ2v) is 7.01. The molecule has 0 radical (unpaired) electrons. The number of nitriles is 1. The second kappa shape index (κ2) is 6.15. The van der Waals surface area contributed by atoms with Crippen LogP contribution in [0.5, 0.6) is 0 Å². The number of benzene rings is 2. The van der Waals surface area contributed by atoms with Crippen molar-refractivity contribution < 1.29 is 4.92 Å². The van der Waals surface area contributed by atoms with E-state index >= 15 is 0 Å². The average Bonchev–Trinajstić information content (AvgIpc) is 3.27. The van der Waals surface area contributed by atoms with Crippen LogP contribution in [0.2, 0.25) is 0 Å². The Kier molecular flexibility index (Phi) is 3.82. The first-order chi connectivity index (χ1) is 12.2. The molecule has 0 amide bonds. The largest absolute Gasteiger partial charge is 0.357 e. The zero-order valence-corrected chi connectivity index (χ0v) is 14.1. The molecular formula is C18H14N4O2S. The van der Waals surface area contributed by atoms with E-state index in [2.05, 4.69) is 4.90 Å². The lowest BCUT2D eigenvalue weighted by atomic mass is 10.1. The molecule has 0 bridgehead atoms. The molecule has 4 rings (SSSR count). The lowest BCUT2D eigenvalue weighted by Gasteiger charge is -2.25. The van der Waals surface area contributed by atoms with Gasteiger partial charge in [0.05, 0.1) is 32.8 Å². The first kappa shape index (κ1) is 15.5. The molecule has 3 aromatic rings. The van der Waals surface area contributed by atoms with Crippen LogP contribution in [0.15, 0.2) is 42.5 Å². The number of aromatic nitrogens is 1. The lowest BCUT2D eigenvalue weighted by Crippen LogP contribution is -2.23. The summed E-state index contributed by atoms with van der Waals surface area (Å²) >= 11 is 1.64. The Bertz CT molecular complexity index is 975. The van der Waals surface area contributed by atoms with E-state index in [9.17, 15) is 10.1 Å². The number of hydrogen-bond acceptors (Lipinski definition) is 6. The number of nitro groups is 1. The Morgan fingerprint density at radius 2 is 2.16 bits per heavy atom. The predicted molar refractivity (Wildman–Crippen MR) is 96.8 cm³/mol. The molecule has 1 aliphatic heterocycles. The van der Waals surface area contributed by atoms with Gasteiger partial charge in [-0.15, -0.1) is 11.3 Å². The number of anilines is 1. The van der Waals surface area contributed by atoms with E-state index in [1.807, 2.05) is 30.3 Å². The van der Waals surface area contributed by atoms with Crippen molar-refractivity contribution in [3.8, 4) is 6.07 Å². The second-order valence-electron chi connectivity index (χ2n) is 5.94. The van der Waals surface area contributed by atoms with E-state index in [4.69, 9.17) is 10.2 Å². The molecule has 6 nitrogen and oxygen atoms in total. The highest BCUT2D eigenvalue weighted by molar-refractivity contribution is 7.18. The van der Waals surface area contributed by atoms with Gasteiger partial charge in [-0.05, 0) is 37.1 Å². The minimum atomic E-state index is -0.413. The molecule has 1 unspecified atom stereocenters. The van der Waals surface area contributed by atoms with Crippen LogP contribution in [-0.2, 0) is 0 Å². The summed E-state index contributed by atoms with van der Waals surface area (Å²) in [5.74, 6) is 0. The Morgan fingerprint density at radius 1 is 1.32 bits per heavy atom. The van der Waals surface area contributed by atoms with Crippen LogP contribution in [0.4, 0.5) is 11.4 Å². The minimum Gasteiger partial charge on any atom is -0.357 e. The molecule has 1 aromatic heterocycles. The lowest BCUT2D eigenvalue weighted by molar-refractivity contribution is -0.384. The summed E-state index contributed by atoms with van der Waals surface area (Å²) in [7, 11) is 0. The van der Waals surface area contributed by atoms with Gasteiger partial charge in [-0.2, -0.15) is 5.26 Å². The number of nitrogens with zero attached hydrogens (tertiary/aromatic N) is 4. The zero-order chi connectivity index (χ0) is 17.4. The summed E-state index contributed by atoms with van der Waals surface area (Å²) in [6.45, 7) is 0.743. The van der Waals surface area contributed by atoms with Gasteiger partial charge in [0.15, 0.2) is 0 Å². The van der Waals surface area contributed by atoms with Gasteiger partial charge in [-0.3, -0.25) is 10.1 Å². The fraction of sp³-hybridized carbons (Fsp3) is 0.222. The van der Waals surface area contributed by atoms with Crippen LogP contribution < -0.4 is 4.90 Å². The zero-order valence-electron chi connectivity index (χ0n) is 13.3. The monoisotopic (exact) mass is 350 g/mol. The van der Waals surface area contributed by atoms with Crippen molar-refractivity contribution in [2.45, 2.75) is 18.9 Å². The maximum absolute atomic E-state index is 11.5. The molecule has 1 saturated heterocycles. The van der Waals surface area contributed by atoms with Gasteiger partial charge in [0.25, 0.3) is 5.69 Å². The normalized spacial score (nSPS) is 16.9. The molecule has 0 spiro atoms. The van der Waals surface area contributed by atoms with Gasteiger partial charge in [-0.25, -0.2) is 4.98 Å². The maximum atomic E-state index is 11.5. The highest BCUT2D eigenvalue weighted by Gasteiger charge is 2.32. The Labute approximate surface area is 148 Å². The summed E-state index contributed by atoms with van der Waals surface area (Å²) < 4.78 is 1.12. The first-order valence-electron chi connectivity index (χ1n) is 7.98. The molecular weight excluding hydrogens is 336 g/mol. The third-order valence-corrected chi connectivity index (χ3v) is 5.60. The van der Waals surface area contributed by atoms with Crippen LogP contribution >= 0.6 is 11.3 Å². The quantitative estimate of drug-likeness (QED) is 0.516. The number of para-hydroxylation sites is 1. The van der Waals surface area contributed by atoms with E-state index in [-0.39, 0.29) is 11.7 Å². The Balaban J connectivity index is 1.77. The molecule has 124 valence electrons. The number of rotatable bonds is 3. The van der Waals surface area contributed by atoms with Gasteiger partial charge < -0.3 is 4.90 Å². The number of thiazole rings is 1. The van der Waals surface area contributed by atoms with E-state index < -0.39 is 4.92 Å². The molecule has 0 aliphatic carbocycles. The summed E-state index contributed by atoms with van der Waals surface area (Å²) in [5.41, 5.74) is 1.80. The van der Waals surface area contributed by atoms with E-state index in [1.165, 1.54) is 6.07 Å². The summed E-state index contributed by atoms with van der Waals surface area (Å²) in [4.78, 5) is 17.9. The first-order valence-corrected chi connectivity index (χ1v) is 8.79. The van der Waals surface area contributed by atoms with Crippen LogP contribution in [0.1, 0.15) is 29.5 Å². The number of fused-ring (bicyclic) bond motifs is 1. The van der Waals surface area contributed by atoms with E-state index in [0.29, 0.717) is 11.3 Å². The van der Waals surface area contributed by atoms with Crippen LogP contribution in [0, 0.1) is 21.4 Å². The molecule has 2 heterocycles. The molecule has 2 aromatic carbocycles. The Hall–Kier alpha value is -2.98. The van der Waals surface area contributed by atoms with Crippen LogP contribution in [-0.4, -0.2) is 16.5 Å². The fourth-order valence-corrected chi connectivity index (χ4v) is 4.44. The average molecular weight is 350 g/mol. The molecule has 1 fully saturated rings. The molecule has 0 N–H and O–H groups in total. The van der Waals surface area contributed by atoms with Gasteiger partial charge in [0.1, 0.15) is 10.7 Å². The fourth-order valence-electron chi connectivity index (χ4n) is 3.33. The SMILES string of the molecule is N#Cc1ccc(N2CCCC2c2nc3ccccc3s2)c([N+](=O)[O-])c1. The standard InChI is InChI=1S/C18H14N4O2S/c19-11-12-7-8-14(16(10-12)22(23)24)21-9-3-5-15(21)18-20-13-4-1-2-6-17(13)25-18/h1-2,4,6-8,10,15H,3,5,9H2. The van der Waals surface area contributed by atoms with Crippen LogP contribution in [0.25, 0.3) is 10.2 Å². The topological polar surface area (TPSA) is 83.1 Å². The van der Waals surface area contributed by atoms with Gasteiger partial charge in [0.2, 0.25) is 0 Å². The van der Waals surface area contributed by atoms with E-state index in [0.717, 1.165) is 34.6 Å². The molecule has 7 heteroatoms. The smallest absolute Gasteiger partial charge is 0.293 e. The molecule has 0 saturated carbocycles. The van der Waals surface area contributed by atoms with E-state index in [1.54, 1.807) is 23.5 Å². The van der Waals surface area contributed by atoms with Crippen molar-refractivity contribution in [1.29, 1.82) is 5.26 Å². The van der Waals surface area contributed by atoms with Crippen LogP contribution in [0.3, 0.4) is 0 Å². The maximum Gasteiger partial charge on any atom is 0.293 e. The molecule has 25 heavy (non-hydrogen) atoms. The van der Waals surface area contributed by atoms with Crippen molar-refractivity contribution in [3.63, 3.8) is 0 Å². The van der Waals surface area contributed by atoms with Crippen molar-refractivity contribution in [2.24, 2.45) is 0 Å². The summed E-state index contributed by atoms with van der Waals surface area (Å²) in [6, 6.07) is 14.6. The number of nitro benzene ring substituents is 1. The van der Waals surface area contributed by atoms with Crippen molar-refractivity contribution in [2.75, 3.05) is 11.4 Å². The third-order valence-electron chi connectivity index (χ3n) is 4.46. The van der Waals surface area contributed by atoms with Crippen molar-refractivity contribution in [1.82, 2.24) is 4.98 Å². The number of hydrogen-bond donors (Lipinski definition) is 0. The highest BCUT2D eigenvalue weighted by atomic mass is 32.1. The predicted octanol–water partition coefficient (Wildman–Crippen LogP) is 4.42. The van der Waals surface area contributed by atoms with Crippen molar-refractivity contribution in [3.05, 3.63) is 63.1 Å².